The van der Waals surface area contributed by atoms with E-state index in [0.29, 0.717) is 0 Å². The lowest BCUT2D eigenvalue weighted by Gasteiger charge is -1.91. The molecule has 0 spiro atoms. The van der Waals surface area contributed by atoms with Crippen molar-refractivity contribution in [1.29, 1.82) is 0 Å². The molecule has 0 nitrogen and oxygen atoms in total. The highest BCUT2D eigenvalue weighted by Crippen LogP contribution is 2.11. The zero-order valence-corrected chi connectivity index (χ0v) is 6.15. The standard InChI is InChI=1S/C7H5Cl2/c8-5-6-1-3-7(9)4-2-6/h1-5H. The monoisotopic (exact) mass is 159 g/mol. The van der Waals surface area contributed by atoms with Gasteiger partial charge in [-0.25, -0.2) is 0 Å². The van der Waals surface area contributed by atoms with Crippen LogP contribution in [0.25, 0.3) is 0 Å². The van der Waals surface area contributed by atoms with Crippen LogP contribution in [0.3, 0.4) is 0 Å². The lowest BCUT2D eigenvalue weighted by atomic mass is 10.2. The first-order valence-corrected chi connectivity index (χ1v) is 3.33. The fourth-order valence-corrected chi connectivity index (χ4v) is 0.807. The molecular formula is C7H5Cl2. The first kappa shape index (κ1) is 6.91. The molecular weight excluding hydrogens is 155 g/mol. The van der Waals surface area contributed by atoms with Crippen LogP contribution in [0.2, 0.25) is 5.02 Å². The molecule has 0 N–H and O–H groups in total. The Morgan fingerprint density at radius 2 is 1.67 bits per heavy atom. The van der Waals surface area contributed by atoms with E-state index in [4.69, 9.17) is 23.2 Å². The summed E-state index contributed by atoms with van der Waals surface area (Å²) < 4.78 is 0. The maximum atomic E-state index is 5.61. The van der Waals surface area contributed by atoms with Crippen molar-refractivity contribution in [2.45, 2.75) is 0 Å². The number of hydrogen-bond donors (Lipinski definition) is 0. The topological polar surface area (TPSA) is 0 Å². The van der Waals surface area contributed by atoms with Gasteiger partial charge in [0.05, 0.1) is 5.88 Å². The van der Waals surface area contributed by atoms with Gasteiger partial charge in [-0.2, -0.15) is 0 Å². The van der Waals surface area contributed by atoms with E-state index >= 15 is 0 Å². The highest BCUT2D eigenvalue weighted by atomic mass is 35.5. The molecule has 0 atom stereocenters. The fraction of sp³-hybridized carbons (Fsp3) is 0. The van der Waals surface area contributed by atoms with Crippen molar-refractivity contribution in [2.75, 3.05) is 0 Å². The second-order valence-electron chi connectivity index (χ2n) is 1.66. The molecule has 1 radical (unpaired) electrons. The zero-order valence-electron chi connectivity index (χ0n) is 4.64. The van der Waals surface area contributed by atoms with Gasteiger partial charge in [0.2, 0.25) is 0 Å². The molecule has 1 rings (SSSR count). The van der Waals surface area contributed by atoms with E-state index in [2.05, 4.69) is 0 Å². The van der Waals surface area contributed by atoms with Crippen molar-refractivity contribution < 1.29 is 0 Å². The second kappa shape index (κ2) is 3.09. The van der Waals surface area contributed by atoms with Crippen LogP contribution in [-0.2, 0) is 0 Å². The minimum absolute atomic E-state index is 0.734. The van der Waals surface area contributed by atoms with E-state index < -0.39 is 0 Å². The molecule has 0 bridgehead atoms. The van der Waals surface area contributed by atoms with Gasteiger partial charge in [-0.15, -0.1) is 11.6 Å². The van der Waals surface area contributed by atoms with Crippen LogP contribution in [-0.4, -0.2) is 0 Å². The SMILES string of the molecule is Cl[CH]c1ccc(Cl)cc1. The highest BCUT2D eigenvalue weighted by Gasteiger charge is 1.88. The van der Waals surface area contributed by atoms with Crippen molar-refractivity contribution >= 4 is 23.2 Å². The predicted molar refractivity (Wildman–Crippen MR) is 40.7 cm³/mol. The number of hydrogen-bond acceptors (Lipinski definition) is 0. The van der Waals surface area contributed by atoms with Gasteiger partial charge < -0.3 is 0 Å². The third kappa shape index (κ3) is 1.88. The minimum atomic E-state index is 0.734. The Labute approximate surface area is 64.4 Å². The van der Waals surface area contributed by atoms with Crippen molar-refractivity contribution in [1.82, 2.24) is 0 Å². The summed E-state index contributed by atoms with van der Waals surface area (Å²) >= 11 is 11.0. The third-order valence-electron chi connectivity index (χ3n) is 0.996. The summed E-state index contributed by atoms with van der Waals surface area (Å²) in [6.45, 7) is 0. The van der Waals surface area contributed by atoms with E-state index in [9.17, 15) is 0 Å². The minimum Gasteiger partial charge on any atom is -0.116 e. The van der Waals surface area contributed by atoms with Crippen LogP contribution in [0.1, 0.15) is 5.56 Å². The Morgan fingerprint density at radius 3 is 2.11 bits per heavy atom. The average Bonchev–Trinajstić information content (AvgIpc) is 1.90. The lowest BCUT2D eigenvalue weighted by molar-refractivity contribution is 1.59. The Kier molecular flexibility index (Phi) is 2.38. The van der Waals surface area contributed by atoms with E-state index in [1.165, 1.54) is 5.88 Å². The first-order valence-electron chi connectivity index (χ1n) is 2.52. The maximum absolute atomic E-state index is 5.61. The summed E-state index contributed by atoms with van der Waals surface area (Å²) in [5.41, 5.74) is 0.973. The normalized spacial score (nSPS) is 9.56. The molecule has 1 aromatic carbocycles. The quantitative estimate of drug-likeness (QED) is 0.592. The Morgan fingerprint density at radius 1 is 1.11 bits per heavy atom. The Bertz CT molecular complexity index is 179. The van der Waals surface area contributed by atoms with Crippen molar-refractivity contribution in [2.24, 2.45) is 0 Å². The highest BCUT2D eigenvalue weighted by molar-refractivity contribution is 6.30. The van der Waals surface area contributed by atoms with Crippen LogP contribution in [0, 0.1) is 5.88 Å². The molecule has 0 saturated carbocycles. The van der Waals surface area contributed by atoms with Crippen LogP contribution in [0.15, 0.2) is 24.3 Å². The molecule has 0 aliphatic carbocycles. The van der Waals surface area contributed by atoms with E-state index in [1.807, 2.05) is 12.1 Å². The third-order valence-corrected chi connectivity index (χ3v) is 1.50. The number of benzene rings is 1. The molecule has 0 unspecified atom stereocenters. The molecule has 0 saturated heterocycles. The molecule has 0 heterocycles. The summed E-state index contributed by atoms with van der Waals surface area (Å²) in [7, 11) is 0. The molecule has 0 amide bonds. The van der Waals surface area contributed by atoms with E-state index in [-0.39, 0.29) is 0 Å². The summed E-state index contributed by atoms with van der Waals surface area (Å²) in [6.07, 6.45) is 0. The van der Waals surface area contributed by atoms with E-state index in [1.54, 1.807) is 12.1 Å². The van der Waals surface area contributed by atoms with Gasteiger partial charge in [-0.3, -0.25) is 0 Å². The zero-order chi connectivity index (χ0) is 6.69. The summed E-state index contributed by atoms with van der Waals surface area (Å²) in [5, 5.41) is 0.734. The molecule has 0 aliphatic rings. The Balaban J connectivity index is 2.88. The molecule has 2 heteroatoms. The largest absolute Gasteiger partial charge is 0.116 e. The van der Waals surface area contributed by atoms with Gasteiger partial charge in [0.15, 0.2) is 0 Å². The fourth-order valence-electron chi connectivity index (χ4n) is 0.536. The summed E-state index contributed by atoms with van der Waals surface area (Å²) in [5.74, 6) is 1.51. The van der Waals surface area contributed by atoms with Crippen molar-refractivity contribution in [3.63, 3.8) is 0 Å². The van der Waals surface area contributed by atoms with Crippen LogP contribution < -0.4 is 0 Å². The van der Waals surface area contributed by atoms with Crippen LogP contribution in [0.5, 0.6) is 0 Å². The molecule has 0 aromatic heterocycles. The first-order chi connectivity index (χ1) is 4.33. The average molecular weight is 160 g/mol. The van der Waals surface area contributed by atoms with Crippen molar-refractivity contribution in [3.05, 3.63) is 40.7 Å². The molecule has 0 fully saturated rings. The molecule has 1 aromatic rings. The maximum Gasteiger partial charge on any atom is 0.0790 e. The Hall–Kier alpha value is -0.200. The van der Waals surface area contributed by atoms with Gasteiger partial charge in [0.1, 0.15) is 0 Å². The van der Waals surface area contributed by atoms with Gasteiger partial charge in [-0.1, -0.05) is 23.7 Å². The van der Waals surface area contributed by atoms with Crippen LogP contribution in [0.4, 0.5) is 0 Å². The number of halogens is 2. The van der Waals surface area contributed by atoms with Crippen molar-refractivity contribution in [3.8, 4) is 0 Å². The number of rotatable bonds is 1. The molecule has 0 aliphatic heterocycles. The molecule has 47 valence electrons. The smallest absolute Gasteiger partial charge is 0.0790 e. The molecule has 9 heavy (non-hydrogen) atoms. The second-order valence-corrected chi connectivity index (χ2v) is 2.32. The van der Waals surface area contributed by atoms with Gasteiger partial charge >= 0.3 is 0 Å². The summed E-state index contributed by atoms with van der Waals surface area (Å²) in [6, 6.07) is 7.32. The van der Waals surface area contributed by atoms with Gasteiger partial charge in [-0.05, 0) is 17.7 Å². The van der Waals surface area contributed by atoms with Crippen LogP contribution >= 0.6 is 23.2 Å². The predicted octanol–water partition coefficient (Wildman–Crippen LogP) is 3.09. The lowest BCUT2D eigenvalue weighted by Crippen LogP contribution is -1.71. The summed E-state index contributed by atoms with van der Waals surface area (Å²) in [4.78, 5) is 0. The van der Waals surface area contributed by atoms with E-state index in [0.717, 1.165) is 10.6 Å². The van der Waals surface area contributed by atoms with Gasteiger partial charge in [0.25, 0.3) is 0 Å². The van der Waals surface area contributed by atoms with Gasteiger partial charge in [0, 0.05) is 5.02 Å².